The summed E-state index contributed by atoms with van der Waals surface area (Å²) >= 11 is 0. The molecule has 0 aliphatic rings. The minimum Gasteiger partial charge on any atom is -0.484 e. The highest BCUT2D eigenvalue weighted by molar-refractivity contribution is 5.78. The largest absolute Gasteiger partial charge is 0.484 e. The van der Waals surface area contributed by atoms with Crippen LogP contribution in [0.5, 0.6) is 5.75 Å². The first-order valence-corrected chi connectivity index (χ1v) is 7.63. The van der Waals surface area contributed by atoms with Crippen molar-refractivity contribution >= 4 is 5.91 Å². The van der Waals surface area contributed by atoms with Gasteiger partial charge in [0, 0.05) is 0 Å². The minimum atomic E-state index is -0.121. The first-order chi connectivity index (χ1) is 10.6. The van der Waals surface area contributed by atoms with E-state index in [2.05, 4.69) is 43.4 Å². The van der Waals surface area contributed by atoms with E-state index in [0.29, 0.717) is 11.7 Å². The Hall–Kier alpha value is -2.29. The van der Waals surface area contributed by atoms with E-state index in [1.165, 1.54) is 5.56 Å². The van der Waals surface area contributed by atoms with Gasteiger partial charge in [-0.05, 0) is 36.1 Å². The predicted molar refractivity (Wildman–Crippen MR) is 89.0 cm³/mol. The van der Waals surface area contributed by atoms with E-state index in [4.69, 9.17) is 4.74 Å². The summed E-state index contributed by atoms with van der Waals surface area (Å²) in [4.78, 5) is 11.9. The second kappa shape index (κ2) is 7.64. The first-order valence-electron chi connectivity index (χ1n) is 7.63. The third-order valence-corrected chi connectivity index (χ3v) is 3.59. The first kappa shape index (κ1) is 16.1. The Bertz CT molecular complexity index is 591. The van der Waals surface area contributed by atoms with Crippen molar-refractivity contribution in [3.8, 4) is 5.75 Å². The van der Waals surface area contributed by atoms with Crippen LogP contribution < -0.4 is 10.1 Å². The molecule has 3 nitrogen and oxygen atoms in total. The summed E-state index contributed by atoms with van der Waals surface area (Å²) in [5, 5.41) is 2.95. The zero-order chi connectivity index (χ0) is 15.9. The van der Waals surface area contributed by atoms with E-state index in [1.807, 2.05) is 37.3 Å². The second-order valence-electron chi connectivity index (χ2n) is 5.71. The molecule has 1 amide bonds. The summed E-state index contributed by atoms with van der Waals surface area (Å²) in [6, 6.07) is 17.7. The summed E-state index contributed by atoms with van der Waals surface area (Å²) < 4.78 is 5.44. The number of hydrogen-bond donors (Lipinski definition) is 1. The quantitative estimate of drug-likeness (QED) is 0.873. The van der Waals surface area contributed by atoms with Gasteiger partial charge in [0.2, 0.25) is 0 Å². The van der Waals surface area contributed by atoms with E-state index < -0.39 is 0 Å². The Balaban J connectivity index is 1.85. The Kier molecular flexibility index (Phi) is 5.59. The van der Waals surface area contributed by atoms with Crippen LogP contribution in [0.4, 0.5) is 0 Å². The number of hydrogen-bond acceptors (Lipinski definition) is 2. The van der Waals surface area contributed by atoms with Gasteiger partial charge in [-0.2, -0.15) is 0 Å². The van der Waals surface area contributed by atoms with Crippen LogP contribution in [-0.2, 0) is 4.79 Å². The lowest BCUT2D eigenvalue weighted by Crippen LogP contribution is -2.31. The molecule has 0 radical (unpaired) electrons. The Morgan fingerprint density at radius 2 is 1.55 bits per heavy atom. The number of para-hydroxylation sites is 1. The highest BCUT2D eigenvalue weighted by Gasteiger charge is 2.10. The molecule has 0 bridgehead atoms. The van der Waals surface area contributed by atoms with Gasteiger partial charge in [-0.15, -0.1) is 0 Å². The average Bonchev–Trinajstić information content (AvgIpc) is 2.54. The molecule has 116 valence electrons. The normalized spacial score (nSPS) is 12.0. The molecule has 3 heteroatoms. The highest BCUT2D eigenvalue weighted by Crippen LogP contribution is 2.18. The molecule has 22 heavy (non-hydrogen) atoms. The van der Waals surface area contributed by atoms with Crippen molar-refractivity contribution in [1.29, 1.82) is 0 Å². The second-order valence-corrected chi connectivity index (χ2v) is 5.71. The van der Waals surface area contributed by atoms with E-state index >= 15 is 0 Å². The molecule has 0 aliphatic heterocycles. The van der Waals surface area contributed by atoms with Gasteiger partial charge < -0.3 is 10.1 Å². The Morgan fingerprint density at radius 3 is 2.14 bits per heavy atom. The van der Waals surface area contributed by atoms with E-state index in [1.54, 1.807) is 0 Å². The standard InChI is InChI=1S/C19H23NO2/c1-14(2)16-9-11-17(12-10-16)15(3)20-19(21)13-22-18-7-5-4-6-8-18/h4-12,14-15H,13H2,1-3H3,(H,20,21). The third kappa shape index (κ3) is 4.62. The average molecular weight is 297 g/mol. The summed E-state index contributed by atoms with van der Waals surface area (Å²) in [5.41, 5.74) is 2.40. The molecule has 2 aromatic rings. The van der Waals surface area contributed by atoms with Gasteiger partial charge in [0.05, 0.1) is 6.04 Å². The maximum absolute atomic E-state index is 11.9. The predicted octanol–water partition coefficient (Wildman–Crippen LogP) is 4.07. The molecule has 0 fully saturated rings. The van der Waals surface area contributed by atoms with E-state index in [9.17, 15) is 4.79 Å². The summed E-state index contributed by atoms with van der Waals surface area (Å²) in [5.74, 6) is 1.09. The van der Waals surface area contributed by atoms with Gasteiger partial charge in [-0.3, -0.25) is 4.79 Å². The minimum absolute atomic E-state index is 0.0262. The Labute approximate surface area is 132 Å². The van der Waals surface area contributed by atoms with Gasteiger partial charge in [-0.1, -0.05) is 56.3 Å². The molecule has 1 unspecified atom stereocenters. The Morgan fingerprint density at radius 1 is 0.955 bits per heavy atom. The van der Waals surface area contributed by atoms with Crippen LogP contribution in [0.25, 0.3) is 0 Å². The molecule has 2 aromatic carbocycles. The molecule has 1 atom stereocenters. The molecule has 0 aromatic heterocycles. The maximum atomic E-state index is 11.9. The zero-order valence-electron chi connectivity index (χ0n) is 13.4. The van der Waals surface area contributed by atoms with Crippen molar-refractivity contribution in [2.24, 2.45) is 0 Å². The topological polar surface area (TPSA) is 38.3 Å². The van der Waals surface area contributed by atoms with Crippen molar-refractivity contribution < 1.29 is 9.53 Å². The molecule has 0 heterocycles. The van der Waals surface area contributed by atoms with Crippen molar-refractivity contribution in [2.75, 3.05) is 6.61 Å². The lowest BCUT2D eigenvalue weighted by molar-refractivity contribution is -0.123. The number of carbonyl (C=O) groups is 1. The smallest absolute Gasteiger partial charge is 0.258 e. The molecule has 0 aliphatic carbocycles. The highest BCUT2D eigenvalue weighted by atomic mass is 16.5. The van der Waals surface area contributed by atoms with Gasteiger partial charge in [0.1, 0.15) is 5.75 Å². The van der Waals surface area contributed by atoms with Crippen molar-refractivity contribution in [2.45, 2.75) is 32.7 Å². The molecular formula is C19H23NO2. The fourth-order valence-electron chi connectivity index (χ4n) is 2.20. The van der Waals surface area contributed by atoms with E-state index in [0.717, 1.165) is 5.56 Å². The van der Waals surface area contributed by atoms with Crippen LogP contribution in [0.15, 0.2) is 54.6 Å². The number of amides is 1. The zero-order valence-corrected chi connectivity index (χ0v) is 13.4. The molecular weight excluding hydrogens is 274 g/mol. The fraction of sp³-hybridized carbons (Fsp3) is 0.316. The lowest BCUT2D eigenvalue weighted by Gasteiger charge is -2.16. The van der Waals surface area contributed by atoms with Crippen LogP contribution in [0.1, 0.15) is 43.9 Å². The van der Waals surface area contributed by atoms with Crippen LogP contribution in [0, 0.1) is 0 Å². The third-order valence-electron chi connectivity index (χ3n) is 3.59. The summed E-state index contributed by atoms with van der Waals surface area (Å²) in [6.07, 6.45) is 0. The number of rotatable bonds is 6. The van der Waals surface area contributed by atoms with Gasteiger partial charge in [0.15, 0.2) is 6.61 Å². The molecule has 0 saturated carbocycles. The molecule has 2 rings (SSSR count). The summed E-state index contributed by atoms with van der Waals surface area (Å²) in [6.45, 7) is 6.34. The number of benzene rings is 2. The van der Waals surface area contributed by atoms with Gasteiger partial charge >= 0.3 is 0 Å². The number of ether oxygens (including phenoxy) is 1. The van der Waals surface area contributed by atoms with E-state index in [-0.39, 0.29) is 18.6 Å². The molecule has 0 saturated heterocycles. The molecule has 0 spiro atoms. The van der Waals surface area contributed by atoms with Crippen LogP contribution in [0.3, 0.4) is 0 Å². The number of nitrogens with one attached hydrogen (secondary N) is 1. The van der Waals surface area contributed by atoms with Crippen molar-refractivity contribution in [3.63, 3.8) is 0 Å². The van der Waals surface area contributed by atoms with Gasteiger partial charge in [-0.25, -0.2) is 0 Å². The van der Waals surface area contributed by atoms with Crippen LogP contribution >= 0.6 is 0 Å². The molecule has 1 N–H and O–H groups in total. The van der Waals surface area contributed by atoms with Gasteiger partial charge in [0.25, 0.3) is 5.91 Å². The van der Waals surface area contributed by atoms with Crippen molar-refractivity contribution in [3.05, 3.63) is 65.7 Å². The lowest BCUT2D eigenvalue weighted by atomic mass is 9.99. The maximum Gasteiger partial charge on any atom is 0.258 e. The fourth-order valence-corrected chi connectivity index (χ4v) is 2.20. The number of carbonyl (C=O) groups excluding carboxylic acids is 1. The SMILES string of the molecule is CC(C)c1ccc(C(C)NC(=O)COc2ccccc2)cc1. The monoisotopic (exact) mass is 297 g/mol. The van der Waals surface area contributed by atoms with Crippen molar-refractivity contribution in [1.82, 2.24) is 5.32 Å². The van der Waals surface area contributed by atoms with Crippen LogP contribution in [0.2, 0.25) is 0 Å². The van der Waals surface area contributed by atoms with Crippen LogP contribution in [-0.4, -0.2) is 12.5 Å². The summed E-state index contributed by atoms with van der Waals surface area (Å²) in [7, 11) is 0.